The molecule has 5 nitrogen and oxygen atoms in total. The van der Waals surface area contributed by atoms with E-state index in [4.69, 9.17) is 5.26 Å². The highest BCUT2D eigenvalue weighted by Gasteiger charge is 2.35. The van der Waals surface area contributed by atoms with Crippen LogP contribution in [-0.2, 0) is 20.2 Å². The van der Waals surface area contributed by atoms with E-state index in [1.165, 1.54) is 56.3 Å². The van der Waals surface area contributed by atoms with Crippen LogP contribution in [0, 0.1) is 17.1 Å². The fourth-order valence-corrected chi connectivity index (χ4v) is 3.22. The number of nitrogens with one attached hydrogen (secondary N) is 1. The molecule has 0 aromatic heterocycles. The smallest absolute Gasteiger partial charge is 0.264 e. The van der Waals surface area contributed by atoms with E-state index in [0.717, 1.165) is 0 Å². The summed E-state index contributed by atoms with van der Waals surface area (Å²) >= 11 is 0. The number of nitriles is 1. The molecule has 0 aliphatic heterocycles. The number of rotatable bonds is 4. The highest BCUT2D eigenvalue weighted by molar-refractivity contribution is 7.90. The third-order valence-electron chi connectivity index (χ3n) is 3.64. The lowest BCUT2D eigenvalue weighted by Crippen LogP contribution is -2.43. The predicted octanol–water partition coefficient (Wildman–Crippen LogP) is 2.48. The molecule has 1 amide bonds. The van der Waals surface area contributed by atoms with Gasteiger partial charge in [0.05, 0.1) is 21.9 Å². The van der Waals surface area contributed by atoms with Crippen molar-refractivity contribution in [2.75, 3.05) is 0 Å². The first-order valence-corrected chi connectivity index (χ1v) is 8.49. The standard InChI is InChI=1S/C17H15FN2O3S/c1-17(2,14-5-3-4-6-15(14)18)16(21)20-24(22,23)13-9-7-12(11-19)8-10-13/h3-10H,1-2H3,(H,20,21). The molecular weight excluding hydrogens is 331 g/mol. The van der Waals surface area contributed by atoms with Gasteiger partial charge in [0, 0.05) is 5.56 Å². The summed E-state index contributed by atoms with van der Waals surface area (Å²) in [6.45, 7) is 2.88. The first-order chi connectivity index (χ1) is 11.2. The Balaban J connectivity index is 2.30. The fourth-order valence-electron chi connectivity index (χ4n) is 2.11. The normalized spacial score (nSPS) is 11.6. The molecule has 0 bridgehead atoms. The van der Waals surface area contributed by atoms with Crippen LogP contribution in [-0.4, -0.2) is 14.3 Å². The summed E-state index contributed by atoms with van der Waals surface area (Å²) in [7, 11) is -4.12. The lowest BCUT2D eigenvalue weighted by Gasteiger charge is -2.24. The number of hydrogen-bond acceptors (Lipinski definition) is 4. The summed E-state index contributed by atoms with van der Waals surface area (Å²) in [6, 6.07) is 12.7. The van der Waals surface area contributed by atoms with Crippen LogP contribution in [0.15, 0.2) is 53.4 Å². The number of sulfonamides is 1. The molecule has 0 atom stereocenters. The Bertz CT molecular complexity index is 914. The molecule has 7 heteroatoms. The molecule has 0 unspecified atom stereocenters. The van der Waals surface area contributed by atoms with Gasteiger partial charge in [0.2, 0.25) is 5.91 Å². The third kappa shape index (κ3) is 3.44. The van der Waals surface area contributed by atoms with E-state index < -0.39 is 27.2 Å². The first-order valence-electron chi connectivity index (χ1n) is 7.01. The Morgan fingerprint density at radius 3 is 2.25 bits per heavy atom. The van der Waals surface area contributed by atoms with E-state index in [1.807, 2.05) is 10.8 Å². The van der Waals surface area contributed by atoms with Crippen molar-refractivity contribution in [3.63, 3.8) is 0 Å². The van der Waals surface area contributed by atoms with Gasteiger partial charge in [0.15, 0.2) is 0 Å². The van der Waals surface area contributed by atoms with Crippen molar-refractivity contribution >= 4 is 15.9 Å². The molecule has 0 aliphatic carbocycles. The molecule has 0 radical (unpaired) electrons. The number of carbonyl (C=O) groups is 1. The van der Waals surface area contributed by atoms with Crippen LogP contribution in [0.5, 0.6) is 0 Å². The van der Waals surface area contributed by atoms with Crippen LogP contribution in [0.1, 0.15) is 25.0 Å². The van der Waals surface area contributed by atoms with Gasteiger partial charge in [-0.15, -0.1) is 0 Å². The number of benzene rings is 2. The van der Waals surface area contributed by atoms with Gasteiger partial charge in [-0.1, -0.05) is 18.2 Å². The van der Waals surface area contributed by atoms with Crippen LogP contribution in [0.4, 0.5) is 4.39 Å². The minimum absolute atomic E-state index is 0.0949. The van der Waals surface area contributed by atoms with E-state index in [2.05, 4.69) is 0 Å². The van der Waals surface area contributed by atoms with Crippen LogP contribution >= 0.6 is 0 Å². The molecule has 2 aromatic carbocycles. The topological polar surface area (TPSA) is 87.0 Å². The second-order valence-electron chi connectivity index (χ2n) is 5.68. The van der Waals surface area contributed by atoms with Crippen molar-refractivity contribution in [1.29, 1.82) is 5.26 Å². The van der Waals surface area contributed by atoms with Crippen LogP contribution < -0.4 is 4.72 Å². The molecule has 2 aromatic rings. The molecule has 24 heavy (non-hydrogen) atoms. The van der Waals surface area contributed by atoms with Crippen molar-refractivity contribution in [2.45, 2.75) is 24.2 Å². The van der Waals surface area contributed by atoms with Gasteiger partial charge in [0.1, 0.15) is 5.82 Å². The van der Waals surface area contributed by atoms with Crippen LogP contribution in [0.3, 0.4) is 0 Å². The Morgan fingerprint density at radius 2 is 1.71 bits per heavy atom. The fraction of sp³-hybridized carbons (Fsp3) is 0.176. The Labute approximate surface area is 139 Å². The number of amides is 1. The zero-order chi connectivity index (χ0) is 18.0. The number of halogens is 1. The van der Waals surface area contributed by atoms with Gasteiger partial charge < -0.3 is 0 Å². The molecule has 0 spiro atoms. The molecule has 1 N–H and O–H groups in total. The zero-order valence-corrected chi connectivity index (χ0v) is 13.9. The Morgan fingerprint density at radius 1 is 1.12 bits per heavy atom. The molecule has 0 fully saturated rings. The van der Waals surface area contributed by atoms with Crippen molar-refractivity contribution in [3.8, 4) is 6.07 Å². The van der Waals surface area contributed by atoms with Crippen molar-refractivity contribution in [3.05, 3.63) is 65.5 Å². The summed E-state index contributed by atoms with van der Waals surface area (Å²) < 4.78 is 40.5. The van der Waals surface area contributed by atoms with E-state index in [9.17, 15) is 17.6 Å². The Hall–Kier alpha value is -2.72. The lowest BCUT2D eigenvalue weighted by molar-refractivity contribution is -0.123. The maximum Gasteiger partial charge on any atom is 0.264 e. The summed E-state index contributed by atoms with van der Waals surface area (Å²) in [5, 5.41) is 8.73. The third-order valence-corrected chi connectivity index (χ3v) is 4.98. The number of hydrogen-bond donors (Lipinski definition) is 1. The molecule has 0 saturated carbocycles. The van der Waals surface area contributed by atoms with Crippen LogP contribution in [0.25, 0.3) is 0 Å². The SMILES string of the molecule is CC(C)(C(=O)NS(=O)(=O)c1ccc(C#N)cc1)c1ccccc1F. The quantitative estimate of drug-likeness (QED) is 0.921. The molecule has 124 valence electrons. The average molecular weight is 346 g/mol. The highest BCUT2D eigenvalue weighted by Crippen LogP contribution is 2.26. The first kappa shape index (κ1) is 17.6. The van der Waals surface area contributed by atoms with Gasteiger partial charge in [-0.3, -0.25) is 4.79 Å². The molecule has 0 saturated heterocycles. The van der Waals surface area contributed by atoms with Crippen molar-refractivity contribution in [2.24, 2.45) is 0 Å². The highest BCUT2D eigenvalue weighted by atomic mass is 32.2. The van der Waals surface area contributed by atoms with E-state index in [-0.39, 0.29) is 10.5 Å². The maximum atomic E-state index is 13.9. The minimum atomic E-state index is -4.12. The summed E-state index contributed by atoms with van der Waals surface area (Å²) in [5.74, 6) is -1.44. The van der Waals surface area contributed by atoms with E-state index >= 15 is 0 Å². The van der Waals surface area contributed by atoms with E-state index in [1.54, 1.807) is 6.07 Å². The summed E-state index contributed by atoms with van der Waals surface area (Å²) in [6.07, 6.45) is 0. The van der Waals surface area contributed by atoms with Crippen molar-refractivity contribution < 1.29 is 17.6 Å². The maximum absolute atomic E-state index is 13.9. The minimum Gasteiger partial charge on any atom is -0.273 e. The monoisotopic (exact) mass is 346 g/mol. The van der Waals surface area contributed by atoms with Gasteiger partial charge >= 0.3 is 0 Å². The Kier molecular flexibility index (Phi) is 4.71. The van der Waals surface area contributed by atoms with Gasteiger partial charge in [0.25, 0.3) is 10.0 Å². The number of nitrogens with zero attached hydrogens (tertiary/aromatic N) is 1. The predicted molar refractivity (Wildman–Crippen MR) is 85.9 cm³/mol. The van der Waals surface area contributed by atoms with Crippen molar-refractivity contribution in [1.82, 2.24) is 4.72 Å². The molecule has 0 heterocycles. The molecular formula is C17H15FN2O3S. The molecule has 2 rings (SSSR count). The lowest BCUT2D eigenvalue weighted by atomic mass is 9.84. The van der Waals surface area contributed by atoms with Crippen LogP contribution in [0.2, 0.25) is 0 Å². The number of carbonyl (C=O) groups excluding carboxylic acids is 1. The van der Waals surface area contributed by atoms with Gasteiger partial charge in [-0.05, 0) is 44.2 Å². The van der Waals surface area contributed by atoms with Gasteiger partial charge in [-0.2, -0.15) is 5.26 Å². The average Bonchev–Trinajstić information content (AvgIpc) is 2.54. The zero-order valence-electron chi connectivity index (χ0n) is 13.1. The van der Waals surface area contributed by atoms with E-state index in [0.29, 0.717) is 5.56 Å². The second-order valence-corrected chi connectivity index (χ2v) is 7.36. The summed E-state index contributed by atoms with van der Waals surface area (Å²) in [4.78, 5) is 12.3. The van der Waals surface area contributed by atoms with Gasteiger partial charge in [-0.25, -0.2) is 17.5 Å². The second kappa shape index (κ2) is 6.42. The molecule has 0 aliphatic rings. The summed E-state index contributed by atoms with van der Waals surface area (Å²) in [5.41, 5.74) is -0.991. The largest absolute Gasteiger partial charge is 0.273 e.